The maximum absolute atomic E-state index is 13.1. The minimum Gasteiger partial charge on any atom is -0.369 e. The van der Waals surface area contributed by atoms with Gasteiger partial charge in [0.25, 0.3) is 11.5 Å². The fourth-order valence-corrected chi connectivity index (χ4v) is 5.44. The van der Waals surface area contributed by atoms with Crippen LogP contribution in [0.2, 0.25) is 0 Å². The van der Waals surface area contributed by atoms with E-state index in [0.29, 0.717) is 16.8 Å². The number of carbonyl (C=O) groups is 1. The molecule has 1 aliphatic rings. The second-order valence-electron chi connectivity index (χ2n) is 8.27. The van der Waals surface area contributed by atoms with E-state index in [1.807, 2.05) is 36.4 Å². The highest BCUT2D eigenvalue weighted by Gasteiger charge is 2.18. The summed E-state index contributed by atoms with van der Waals surface area (Å²) in [5.41, 5.74) is 1.67. The Hall–Kier alpha value is -3.23. The van der Waals surface area contributed by atoms with Gasteiger partial charge in [0.15, 0.2) is 0 Å². The maximum atomic E-state index is 13.1. The van der Waals surface area contributed by atoms with E-state index in [-0.39, 0.29) is 17.3 Å². The highest BCUT2D eigenvalue weighted by Crippen LogP contribution is 2.29. The summed E-state index contributed by atoms with van der Waals surface area (Å²) in [6.45, 7) is 5.19. The first kappa shape index (κ1) is 21.6. The lowest BCUT2D eigenvalue weighted by Crippen LogP contribution is -2.47. The molecule has 2 aromatic heterocycles. The molecule has 0 spiro atoms. The third-order valence-electron chi connectivity index (χ3n) is 6.12. The molecule has 2 N–H and O–H groups in total. The average Bonchev–Trinajstić information content (AvgIpc) is 3.30. The number of aromatic amines is 1. The summed E-state index contributed by atoms with van der Waals surface area (Å²) >= 11 is 1.36. The first-order chi connectivity index (χ1) is 16.1. The molecular weight excluding hydrogens is 439 g/mol. The number of anilines is 1. The van der Waals surface area contributed by atoms with E-state index in [1.165, 1.54) is 23.5 Å². The van der Waals surface area contributed by atoms with Crippen LogP contribution in [0.5, 0.6) is 0 Å². The summed E-state index contributed by atoms with van der Waals surface area (Å²) in [7, 11) is 0. The van der Waals surface area contributed by atoms with Gasteiger partial charge in [0, 0.05) is 54.0 Å². The predicted molar refractivity (Wildman–Crippen MR) is 132 cm³/mol. The zero-order valence-corrected chi connectivity index (χ0v) is 19.0. The van der Waals surface area contributed by atoms with Gasteiger partial charge in [-0.05, 0) is 49.4 Å². The van der Waals surface area contributed by atoms with Crippen molar-refractivity contribution in [2.75, 3.05) is 44.2 Å². The number of hydrogen-bond acceptors (Lipinski definition) is 5. The molecule has 1 amide bonds. The van der Waals surface area contributed by atoms with Gasteiger partial charge in [-0.15, -0.1) is 11.3 Å². The van der Waals surface area contributed by atoms with Crippen molar-refractivity contribution in [1.29, 1.82) is 0 Å². The summed E-state index contributed by atoms with van der Waals surface area (Å²) in [5, 5.41) is 4.51. The zero-order valence-electron chi connectivity index (χ0n) is 18.1. The van der Waals surface area contributed by atoms with Crippen LogP contribution < -0.4 is 15.8 Å². The number of nitrogens with zero attached hydrogens (tertiary/aromatic N) is 2. The van der Waals surface area contributed by atoms with Crippen molar-refractivity contribution in [1.82, 2.24) is 15.2 Å². The Morgan fingerprint density at radius 1 is 1.03 bits per heavy atom. The van der Waals surface area contributed by atoms with Crippen LogP contribution in [0.25, 0.3) is 21.0 Å². The number of aromatic nitrogens is 1. The molecule has 1 fully saturated rings. The van der Waals surface area contributed by atoms with Crippen LogP contribution in [0.15, 0.2) is 59.4 Å². The molecule has 4 aromatic rings. The molecule has 170 valence electrons. The number of para-hydroxylation sites is 1. The molecule has 5 rings (SSSR count). The number of carbonyl (C=O) groups excluding carboxylic acids is 1. The maximum Gasteiger partial charge on any atom is 0.261 e. The van der Waals surface area contributed by atoms with Gasteiger partial charge in [0.1, 0.15) is 5.82 Å². The van der Waals surface area contributed by atoms with E-state index in [2.05, 4.69) is 20.1 Å². The Morgan fingerprint density at radius 3 is 2.58 bits per heavy atom. The molecule has 6 nitrogen and oxygen atoms in total. The minimum absolute atomic E-state index is 0.138. The number of H-pyrrole nitrogens is 1. The number of fused-ring (bicyclic) bond motifs is 3. The van der Waals surface area contributed by atoms with E-state index in [0.717, 1.165) is 60.4 Å². The van der Waals surface area contributed by atoms with E-state index >= 15 is 0 Å². The van der Waals surface area contributed by atoms with Crippen molar-refractivity contribution in [2.24, 2.45) is 0 Å². The van der Waals surface area contributed by atoms with Gasteiger partial charge in [-0.3, -0.25) is 14.5 Å². The number of nitrogens with one attached hydrogen (secondary N) is 2. The largest absolute Gasteiger partial charge is 0.369 e. The average molecular weight is 465 g/mol. The highest BCUT2D eigenvalue weighted by atomic mass is 32.1. The molecule has 0 bridgehead atoms. The number of benzene rings is 2. The molecule has 0 unspecified atom stereocenters. The fourth-order valence-electron chi connectivity index (χ4n) is 4.32. The fraction of sp³-hybridized carbons (Fsp3) is 0.280. The first-order valence-electron chi connectivity index (χ1n) is 11.1. The van der Waals surface area contributed by atoms with Crippen molar-refractivity contribution in [3.05, 3.63) is 75.6 Å². The van der Waals surface area contributed by atoms with E-state index < -0.39 is 0 Å². The topological polar surface area (TPSA) is 68.4 Å². The summed E-state index contributed by atoms with van der Waals surface area (Å²) in [6.07, 6.45) is 0.858. The SMILES string of the molecule is O=C(NCCCN1CCN(c2ccc(F)cc2)CC1)c1cc2c(=O)[nH]c3ccccc3c2s1. The van der Waals surface area contributed by atoms with Gasteiger partial charge < -0.3 is 15.2 Å². The van der Waals surface area contributed by atoms with Crippen LogP contribution in [0, 0.1) is 5.82 Å². The van der Waals surface area contributed by atoms with Crippen molar-refractivity contribution in [3.8, 4) is 0 Å². The predicted octanol–water partition coefficient (Wildman–Crippen LogP) is 3.82. The third-order valence-corrected chi connectivity index (χ3v) is 7.29. The second kappa shape index (κ2) is 9.33. The molecule has 2 aromatic carbocycles. The lowest BCUT2D eigenvalue weighted by molar-refractivity contribution is 0.0955. The molecule has 1 aliphatic heterocycles. The number of hydrogen-bond donors (Lipinski definition) is 2. The third kappa shape index (κ3) is 4.62. The van der Waals surface area contributed by atoms with E-state index in [1.54, 1.807) is 6.07 Å². The smallest absolute Gasteiger partial charge is 0.261 e. The zero-order chi connectivity index (χ0) is 22.8. The Bertz CT molecular complexity index is 1340. The van der Waals surface area contributed by atoms with Crippen LogP contribution in [-0.2, 0) is 0 Å². The molecule has 8 heteroatoms. The number of rotatable bonds is 6. The van der Waals surface area contributed by atoms with Gasteiger partial charge in [-0.2, -0.15) is 0 Å². The van der Waals surface area contributed by atoms with Gasteiger partial charge in [-0.1, -0.05) is 18.2 Å². The Balaban J connectivity index is 1.12. The quantitative estimate of drug-likeness (QED) is 0.426. The number of pyridine rings is 1. The minimum atomic E-state index is -0.213. The number of halogens is 1. The number of amides is 1. The van der Waals surface area contributed by atoms with Gasteiger partial charge in [0.2, 0.25) is 0 Å². The molecule has 33 heavy (non-hydrogen) atoms. The number of thiophene rings is 1. The summed E-state index contributed by atoms with van der Waals surface area (Å²) in [4.78, 5) is 33.2. The normalized spacial score (nSPS) is 14.8. The van der Waals surface area contributed by atoms with Crippen molar-refractivity contribution in [2.45, 2.75) is 6.42 Å². The van der Waals surface area contributed by atoms with Crippen LogP contribution >= 0.6 is 11.3 Å². The van der Waals surface area contributed by atoms with Crippen molar-refractivity contribution >= 4 is 43.9 Å². The van der Waals surface area contributed by atoms with Crippen molar-refractivity contribution < 1.29 is 9.18 Å². The summed E-state index contributed by atoms with van der Waals surface area (Å²) < 4.78 is 14.0. The van der Waals surface area contributed by atoms with Gasteiger partial charge in [-0.25, -0.2) is 4.39 Å². The summed E-state index contributed by atoms with van der Waals surface area (Å²) in [5.74, 6) is -0.351. The molecule has 3 heterocycles. The van der Waals surface area contributed by atoms with Crippen LogP contribution in [0.3, 0.4) is 0 Å². The molecule has 0 atom stereocenters. The lowest BCUT2D eigenvalue weighted by Gasteiger charge is -2.36. The first-order valence-corrected chi connectivity index (χ1v) is 12.0. The Morgan fingerprint density at radius 2 is 1.79 bits per heavy atom. The molecule has 0 radical (unpaired) electrons. The van der Waals surface area contributed by atoms with Gasteiger partial charge >= 0.3 is 0 Å². The number of piperazine rings is 1. The monoisotopic (exact) mass is 464 g/mol. The van der Waals surface area contributed by atoms with Crippen LogP contribution in [0.4, 0.5) is 10.1 Å². The van der Waals surface area contributed by atoms with Crippen LogP contribution in [-0.4, -0.2) is 55.1 Å². The van der Waals surface area contributed by atoms with Gasteiger partial charge in [0.05, 0.1) is 10.3 Å². The van der Waals surface area contributed by atoms with E-state index in [4.69, 9.17) is 0 Å². The standard InChI is InChI=1S/C25H25FN4O2S/c26-17-6-8-18(9-7-17)30-14-12-29(13-15-30)11-3-10-27-25(32)22-16-20-23(33-22)19-4-1-2-5-21(19)28-24(20)31/h1-2,4-9,16H,3,10-15H2,(H,27,32)(H,28,31). The Kier molecular flexibility index (Phi) is 6.11. The molecule has 1 saturated heterocycles. The van der Waals surface area contributed by atoms with E-state index in [9.17, 15) is 14.0 Å². The second-order valence-corrected chi connectivity index (χ2v) is 9.32. The molecule has 0 aliphatic carbocycles. The summed E-state index contributed by atoms with van der Waals surface area (Å²) in [6, 6.07) is 16.0. The molecule has 0 saturated carbocycles. The van der Waals surface area contributed by atoms with Crippen molar-refractivity contribution in [3.63, 3.8) is 0 Å². The lowest BCUT2D eigenvalue weighted by atomic mass is 10.2. The molecular formula is C25H25FN4O2S. The Labute approximate surface area is 194 Å². The van der Waals surface area contributed by atoms with Crippen LogP contribution in [0.1, 0.15) is 16.1 Å². The highest BCUT2D eigenvalue weighted by molar-refractivity contribution is 7.21.